The Morgan fingerprint density at radius 1 is 1.53 bits per heavy atom. The van der Waals surface area contributed by atoms with Gasteiger partial charge in [0.2, 0.25) is 0 Å². The number of anilines is 1. The molecule has 2 rings (SSSR count). The van der Waals surface area contributed by atoms with Crippen molar-refractivity contribution in [1.82, 2.24) is 4.98 Å². The van der Waals surface area contributed by atoms with E-state index in [2.05, 4.69) is 48.8 Å². The number of halogens is 2. The molecule has 15 heavy (non-hydrogen) atoms. The molecule has 0 aromatic carbocycles. The van der Waals surface area contributed by atoms with Gasteiger partial charge < -0.3 is 4.90 Å². The van der Waals surface area contributed by atoms with Crippen LogP contribution in [-0.2, 0) is 0 Å². The summed E-state index contributed by atoms with van der Waals surface area (Å²) in [5.41, 5.74) is 1.23. The van der Waals surface area contributed by atoms with Crippen molar-refractivity contribution in [3.8, 4) is 0 Å². The number of rotatable bonds is 3. The third-order valence-electron chi connectivity index (χ3n) is 2.87. The van der Waals surface area contributed by atoms with Crippen molar-refractivity contribution in [2.24, 2.45) is 5.92 Å². The van der Waals surface area contributed by atoms with Crippen LogP contribution in [0.3, 0.4) is 0 Å². The summed E-state index contributed by atoms with van der Waals surface area (Å²) in [6, 6.07) is 2.05. The first-order chi connectivity index (χ1) is 7.16. The fraction of sp³-hybridized carbons (Fsp3) is 0.545. The highest BCUT2D eigenvalue weighted by atomic mass is 79.9. The van der Waals surface area contributed by atoms with E-state index in [0.717, 1.165) is 21.8 Å². The molecule has 0 unspecified atom stereocenters. The average Bonchev–Trinajstić information content (AvgIpc) is 2.16. The van der Waals surface area contributed by atoms with Crippen molar-refractivity contribution in [1.29, 1.82) is 0 Å². The summed E-state index contributed by atoms with van der Waals surface area (Å²) in [6.07, 6.45) is 6.28. The smallest absolute Gasteiger partial charge is 0.0592 e. The third kappa shape index (κ3) is 2.72. The first kappa shape index (κ1) is 11.4. The van der Waals surface area contributed by atoms with E-state index in [1.54, 1.807) is 0 Å². The van der Waals surface area contributed by atoms with E-state index in [0.29, 0.717) is 0 Å². The summed E-state index contributed by atoms with van der Waals surface area (Å²) in [6.45, 7) is 1.13. The van der Waals surface area contributed by atoms with Gasteiger partial charge in [0.1, 0.15) is 0 Å². The van der Waals surface area contributed by atoms with Crippen LogP contribution in [0.4, 0.5) is 5.69 Å². The van der Waals surface area contributed by atoms with E-state index in [9.17, 15) is 0 Å². The Morgan fingerprint density at radius 3 is 2.87 bits per heavy atom. The molecule has 0 aliphatic heterocycles. The molecular formula is C11H14Br2N2. The maximum Gasteiger partial charge on any atom is 0.0592 e. The molecule has 4 heteroatoms. The van der Waals surface area contributed by atoms with Crippen LogP contribution in [0, 0.1) is 5.92 Å². The maximum absolute atomic E-state index is 4.07. The zero-order valence-electron chi connectivity index (χ0n) is 8.66. The van der Waals surface area contributed by atoms with Gasteiger partial charge in [-0.05, 0) is 40.8 Å². The van der Waals surface area contributed by atoms with E-state index in [1.165, 1.54) is 18.5 Å². The quantitative estimate of drug-likeness (QED) is 0.787. The highest BCUT2D eigenvalue weighted by molar-refractivity contribution is 9.10. The number of hydrogen-bond acceptors (Lipinski definition) is 2. The molecule has 2 nitrogen and oxygen atoms in total. The number of alkyl halides is 1. The van der Waals surface area contributed by atoms with Gasteiger partial charge >= 0.3 is 0 Å². The number of aromatic nitrogens is 1. The van der Waals surface area contributed by atoms with Crippen molar-refractivity contribution in [2.45, 2.75) is 17.7 Å². The standard InChI is InChI=1S/C11H14Br2N2/c1-15(7-8-4-9(12)5-8)11-2-3-14-6-10(11)13/h2-3,6,8-9H,4-5,7H2,1H3. The van der Waals surface area contributed by atoms with Gasteiger partial charge in [-0.3, -0.25) is 4.98 Å². The van der Waals surface area contributed by atoms with Crippen molar-refractivity contribution >= 4 is 37.5 Å². The predicted molar refractivity (Wildman–Crippen MR) is 70.6 cm³/mol. The first-order valence-corrected chi connectivity index (χ1v) is 6.82. The SMILES string of the molecule is CN(CC1CC(Br)C1)c1ccncc1Br. The van der Waals surface area contributed by atoms with Crippen LogP contribution >= 0.6 is 31.9 Å². The van der Waals surface area contributed by atoms with Gasteiger partial charge in [0, 0.05) is 30.8 Å². The van der Waals surface area contributed by atoms with E-state index < -0.39 is 0 Å². The lowest BCUT2D eigenvalue weighted by Crippen LogP contribution is -2.34. The minimum absolute atomic E-state index is 0.747. The normalized spacial score (nSPS) is 24.7. The van der Waals surface area contributed by atoms with Crippen LogP contribution in [0.25, 0.3) is 0 Å². The number of nitrogens with zero attached hydrogens (tertiary/aromatic N) is 2. The highest BCUT2D eigenvalue weighted by Gasteiger charge is 2.27. The molecule has 1 aromatic rings. The van der Waals surface area contributed by atoms with E-state index in [-0.39, 0.29) is 0 Å². The second-order valence-corrected chi connectivity index (χ2v) is 6.29. The van der Waals surface area contributed by atoms with Gasteiger partial charge in [-0.1, -0.05) is 15.9 Å². The molecule has 0 bridgehead atoms. The van der Waals surface area contributed by atoms with E-state index >= 15 is 0 Å². The van der Waals surface area contributed by atoms with Gasteiger partial charge in [0.25, 0.3) is 0 Å². The van der Waals surface area contributed by atoms with Crippen LogP contribution in [-0.4, -0.2) is 23.4 Å². The second-order valence-electron chi connectivity index (χ2n) is 4.14. The summed E-state index contributed by atoms with van der Waals surface area (Å²) in [5.74, 6) is 0.833. The molecule has 1 aliphatic carbocycles. The molecule has 0 spiro atoms. The molecule has 0 radical (unpaired) electrons. The predicted octanol–water partition coefficient (Wildman–Crippen LogP) is 3.45. The maximum atomic E-state index is 4.07. The fourth-order valence-electron chi connectivity index (χ4n) is 1.97. The zero-order valence-corrected chi connectivity index (χ0v) is 11.8. The third-order valence-corrected chi connectivity index (χ3v) is 4.23. The Hall–Kier alpha value is -0.0900. The average molecular weight is 334 g/mol. The van der Waals surface area contributed by atoms with Gasteiger partial charge in [-0.15, -0.1) is 0 Å². The highest BCUT2D eigenvalue weighted by Crippen LogP contribution is 2.35. The summed E-state index contributed by atoms with van der Waals surface area (Å²) in [5, 5.41) is 0. The molecule has 0 saturated heterocycles. The second kappa shape index (κ2) is 4.83. The van der Waals surface area contributed by atoms with Crippen LogP contribution in [0.2, 0.25) is 0 Å². The molecule has 1 aliphatic rings. The first-order valence-electron chi connectivity index (χ1n) is 5.11. The summed E-state index contributed by atoms with van der Waals surface area (Å²) in [7, 11) is 2.14. The number of pyridine rings is 1. The topological polar surface area (TPSA) is 16.1 Å². The Bertz CT molecular complexity index is 337. The molecule has 1 fully saturated rings. The monoisotopic (exact) mass is 332 g/mol. The molecule has 1 saturated carbocycles. The van der Waals surface area contributed by atoms with E-state index in [1.807, 2.05) is 18.5 Å². The lowest BCUT2D eigenvalue weighted by molar-refractivity contribution is 0.339. The van der Waals surface area contributed by atoms with Crippen molar-refractivity contribution < 1.29 is 0 Å². The summed E-state index contributed by atoms with van der Waals surface area (Å²) >= 11 is 7.15. The molecular weight excluding hydrogens is 320 g/mol. The van der Waals surface area contributed by atoms with Crippen molar-refractivity contribution in [2.75, 3.05) is 18.5 Å². The van der Waals surface area contributed by atoms with Crippen LogP contribution in [0.1, 0.15) is 12.8 Å². The molecule has 82 valence electrons. The van der Waals surface area contributed by atoms with Gasteiger partial charge in [-0.25, -0.2) is 0 Å². The van der Waals surface area contributed by atoms with E-state index in [4.69, 9.17) is 0 Å². The van der Waals surface area contributed by atoms with Gasteiger partial charge in [0.15, 0.2) is 0 Å². The molecule has 1 aromatic heterocycles. The lowest BCUT2D eigenvalue weighted by atomic mass is 9.85. The fourth-order valence-corrected chi connectivity index (χ4v) is 3.58. The van der Waals surface area contributed by atoms with Crippen LogP contribution < -0.4 is 4.90 Å². The van der Waals surface area contributed by atoms with Crippen LogP contribution in [0.5, 0.6) is 0 Å². The van der Waals surface area contributed by atoms with Crippen molar-refractivity contribution in [3.05, 3.63) is 22.9 Å². The molecule has 1 heterocycles. The Labute approximate surface area is 107 Å². The summed E-state index contributed by atoms with van der Waals surface area (Å²) < 4.78 is 1.07. The van der Waals surface area contributed by atoms with Crippen molar-refractivity contribution in [3.63, 3.8) is 0 Å². The minimum atomic E-state index is 0.747. The summed E-state index contributed by atoms with van der Waals surface area (Å²) in [4.78, 5) is 7.12. The van der Waals surface area contributed by atoms with Gasteiger partial charge in [0.05, 0.1) is 10.2 Å². The Morgan fingerprint density at radius 2 is 2.27 bits per heavy atom. The number of hydrogen-bond donors (Lipinski definition) is 0. The minimum Gasteiger partial charge on any atom is -0.373 e. The molecule has 0 atom stereocenters. The van der Waals surface area contributed by atoms with Crippen LogP contribution in [0.15, 0.2) is 22.9 Å². The molecule has 0 N–H and O–H groups in total. The lowest BCUT2D eigenvalue weighted by Gasteiger charge is -2.35. The Balaban J connectivity index is 1.96. The Kier molecular flexibility index (Phi) is 3.67. The zero-order chi connectivity index (χ0) is 10.8. The molecule has 0 amide bonds. The largest absolute Gasteiger partial charge is 0.373 e. The van der Waals surface area contributed by atoms with Gasteiger partial charge in [-0.2, -0.15) is 0 Å².